The second kappa shape index (κ2) is 25.1. The second-order valence-electron chi connectivity index (χ2n) is 12.8. The Bertz CT molecular complexity index is 613. The van der Waals surface area contributed by atoms with E-state index in [1.807, 2.05) is 0 Å². The topological polar surface area (TPSA) is 78.9 Å². The molecule has 0 aromatic carbocycles. The van der Waals surface area contributed by atoms with Crippen LogP contribution in [0.15, 0.2) is 0 Å². The zero-order chi connectivity index (χ0) is 30.1. The first-order valence-electron chi connectivity index (χ1n) is 16.6. The van der Waals surface area contributed by atoms with Crippen molar-refractivity contribution in [1.29, 1.82) is 0 Å². The fraction of sp³-hybridized carbons (Fsp3) is 0.912. The number of hydrogen-bond acceptors (Lipinski definition) is 6. The Labute approximate surface area is 247 Å². The van der Waals surface area contributed by atoms with Gasteiger partial charge in [-0.1, -0.05) is 106 Å². The first kappa shape index (κ1) is 38.4. The molecule has 0 aromatic rings. The molecule has 236 valence electrons. The highest BCUT2D eigenvalue weighted by molar-refractivity contribution is 5.70. The van der Waals surface area contributed by atoms with E-state index in [9.17, 15) is 14.4 Å². The average Bonchev–Trinajstić information content (AvgIpc) is 2.89. The lowest BCUT2D eigenvalue weighted by Gasteiger charge is -2.26. The molecule has 6 nitrogen and oxygen atoms in total. The molecule has 0 amide bonds. The summed E-state index contributed by atoms with van der Waals surface area (Å²) in [6.45, 7) is 13.5. The van der Waals surface area contributed by atoms with Crippen molar-refractivity contribution < 1.29 is 28.6 Å². The molecule has 0 fully saturated rings. The van der Waals surface area contributed by atoms with Crippen molar-refractivity contribution in [3.8, 4) is 0 Å². The minimum Gasteiger partial charge on any atom is -0.465 e. The molecule has 0 saturated heterocycles. The lowest BCUT2D eigenvalue weighted by Crippen LogP contribution is -2.24. The first-order chi connectivity index (χ1) is 19.1. The molecule has 40 heavy (non-hydrogen) atoms. The van der Waals surface area contributed by atoms with Crippen molar-refractivity contribution in [3.05, 3.63) is 0 Å². The van der Waals surface area contributed by atoms with E-state index in [4.69, 9.17) is 14.2 Å². The molecule has 0 spiro atoms. The molecule has 6 heteroatoms. The predicted octanol–water partition coefficient (Wildman–Crippen LogP) is 9.51. The third-order valence-corrected chi connectivity index (χ3v) is 7.19. The van der Waals surface area contributed by atoms with Crippen LogP contribution >= 0.6 is 0 Å². The fourth-order valence-corrected chi connectivity index (χ4v) is 4.80. The third kappa shape index (κ3) is 25.4. The standard InChI is InChI=1S/C34H64O6/c1-7-10-13-14-15-18-22-30(26-34(4,5)6)40-33(37)25-20-19-21-29(27-38-31(35)23-16-11-8-2)28-39-32(36)24-17-12-9-3/h29-30H,7-28H2,1-6H3. The van der Waals surface area contributed by atoms with E-state index in [1.54, 1.807) is 0 Å². The Morgan fingerprint density at radius 1 is 0.550 bits per heavy atom. The third-order valence-electron chi connectivity index (χ3n) is 7.19. The number of ether oxygens (including phenoxy) is 3. The van der Waals surface area contributed by atoms with Crippen molar-refractivity contribution in [1.82, 2.24) is 0 Å². The lowest BCUT2D eigenvalue weighted by atomic mass is 9.87. The van der Waals surface area contributed by atoms with E-state index in [1.165, 1.54) is 32.1 Å². The molecular weight excluding hydrogens is 504 g/mol. The van der Waals surface area contributed by atoms with Gasteiger partial charge in [0.1, 0.15) is 6.10 Å². The average molecular weight is 569 g/mol. The van der Waals surface area contributed by atoms with Crippen LogP contribution in [0.25, 0.3) is 0 Å². The molecule has 0 aliphatic heterocycles. The molecule has 0 N–H and O–H groups in total. The highest BCUT2D eigenvalue weighted by Crippen LogP contribution is 2.26. The summed E-state index contributed by atoms with van der Waals surface area (Å²) >= 11 is 0. The van der Waals surface area contributed by atoms with E-state index in [-0.39, 0.29) is 48.6 Å². The molecule has 0 rings (SSSR count). The van der Waals surface area contributed by atoms with E-state index in [0.717, 1.165) is 70.6 Å². The summed E-state index contributed by atoms with van der Waals surface area (Å²) in [5.74, 6) is -0.554. The summed E-state index contributed by atoms with van der Waals surface area (Å²) in [5.41, 5.74) is 0.113. The van der Waals surface area contributed by atoms with Crippen molar-refractivity contribution in [2.24, 2.45) is 11.3 Å². The van der Waals surface area contributed by atoms with Gasteiger partial charge >= 0.3 is 17.9 Å². The van der Waals surface area contributed by atoms with E-state index in [2.05, 4.69) is 41.5 Å². The van der Waals surface area contributed by atoms with Crippen LogP contribution in [0, 0.1) is 11.3 Å². The fourth-order valence-electron chi connectivity index (χ4n) is 4.80. The number of carbonyl (C=O) groups excluding carboxylic acids is 3. The van der Waals surface area contributed by atoms with Crippen LogP contribution in [-0.2, 0) is 28.6 Å². The number of rotatable bonds is 26. The zero-order valence-electron chi connectivity index (χ0n) is 27.2. The molecule has 0 saturated carbocycles. The predicted molar refractivity (Wildman–Crippen MR) is 164 cm³/mol. The Kier molecular flexibility index (Phi) is 24.1. The van der Waals surface area contributed by atoms with Gasteiger partial charge in [0.25, 0.3) is 0 Å². The molecule has 0 aliphatic rings. The largest absolute Gasteiger partial charge is 0.465 e. The summed E-state index contributed by atoms with van der Waals surface area (Å²) in [4.78, 5) is 36.9. The SMILES string of the molecule is CCCCCCCCC(CC(C)(C)C)OC(=O)CCCCC(COC(=O)CCCCC)COC(=O)CCCCC. The molecule has 0 radical (unpaired) electrons. The van der Waals surface area contributed by atoms with Gasteiger partial charge in [0.2, 0.25) is 0 Å². The quantitative estimate of drug-likeness (QED) is 0.0587. The Balaban J connectivity index is 4.62. The second-order valence-corrected chi connectivity index (χ2v) is 12.8. The zero-order valence-corrected chi connectivity index (χ0v) is 27.2. The van der Waals surface area contributed by atoms with Gasteiger partial charge < -0.3 is 14.2 Å². The normalized spacial score (nSPS) is 12.4. The van der Waals surface area contributed by atoms with Crippen LogP contribution in [-0.4, -0.2) is 37.2 Å². The molecule has 0 heterocycles. The van der Waals surface area contributed by atoms with Gasteiger partial charge in [-0.2, -0.15) is 0 Å². The van der Waals surface area contributed by atoms with Gasteiger partial charge in [-0.25, -0.2) is 0 Å². The number of esters is 3. The molecule has 1 unspecified atom stereocenters. The van der Waals surface area contributed by atoms with Crippen LogP contribution in [0.1, 0.15) is 170 Å². The highest BCUT2D eigenvalue weighted by atomic mass is 16.5. The highest BCUT2D eigenvalue weighted by Gasteiger charge is 2.22. The summed E-state index contributed by atoms with van der Waals surface area (Å²) in [6, 6.07) is 0. The maximum absolute atomic E-state index is 12.7. The molecule has 0 aromatic heterocycles. The summed E-state index contributed by atoms with van der Waals surface area (Å²) in [6.07, 6.45) is 18.5. The molecule has 0 bridgehead atoms. The Hall–Kier alpha value is -1.59. The monoisotopic (exact) mass is 568 g/mol. The van der Waals surface area contributed by atoms with Gasteiger partial charge in [0.15, 0.2) is 0 Å². The maximum Gasteiger partial charge on any atom is 0.306 e. The van der Waals surface area contributed by atoms with Crippen LogP contribution in [0.3, 0.4) is 0 Å². The van der Waals surface area contributed by atoms with Crippen molar-refractivity contribution >= 4 is 17.9 Å². The minimum absolute atomic E-state index is 0.0225. The molecular formula is C34H64O6. The maximum atomic E-state index is 12.7. The van der Waals surface area contributed by atoms with Crippen LogP contribution in [0.5, 0.6) is 0 Å². The smallest absolute Gasteiger partial charge is 0.306 e. The van der Waals surface area contributed by atoms with Gasteiger partial charge in [0, 0.05) is 25.2 Å². The van der Waals surface area contributed by atoms with Crippen LogP contribution in [0.2, 0.25) is 0 Å². The van der Waals surface area contributed by atoms with Crippen LogP contribution < -0.4 is 0 Å². The van der Waals surface area contributed by atoms with E-state index in [0.29, 0.717) is 25.7 Å². The number of carbonyl (C=O) groups is 3. The van der Waals surface area contributed by atoms with Crippen LogP contribution in [0.4, 0.5) is 0 Å². The van der Waals surface area contributed by atoms with Crippen molar-refractivity contribution in [2.45, 2.75) is 176 Å². The lowest BCUT2D eigenvalue weighted by molar-refractivity contribution is -0.151. The van der Waals surface area contributed by atoms with Gasteiger partial charge in [0.05, 0.1) is 13.2 Å². The Morgan fingerprint density at radius 2 is 0.975 bits per heavy atom. The van der Waals surface area contributed by atoms with Gasteiger partial charge in [-0.15, -0.1) is 0 Å². The van der Waals surface area contributed by atoms with Gasteiger partial charge in [-0.3, -0.25) is 14.4 Å². The Morgan fingerprint density at radius 3 is 1.50 bits per heavy atom. The van der Waals surface area contributed by atoms with Gasteiger partial charge in [-0.05, 0) is 50.4 Å². The molecule has 0 aliphatic carbocycles. The molecule has 1 atom stereocenters. The summed E-state index contributed by atoms with van der Waals surface area (Å²) < 4.78 is 16.9. The first-order valence-corrected chi connectivity index (χ1v) is 16.6. The summed E-state index contributed by atoms with van der Waals surface area (Å²) in [7, 11) is 0. The number of hydrogen-bond donors (Lipinski definition) is 0. The minimum atomic E-state index is -0.188. The number of unbranched alkanes of at least 4 members (excludes halogenated alkanes) is 10. The van der Waals surface area contributed by atoms with Crippen molar-refractivity contribution in [3.63, 3.8) is 0 Å². The summed E-state index contributed by atoms with van der Waals surface area (Å²) in [5, 5.41) is 0. The van der Waals surface area contributed by atoms with E-state index >= 15 is 0 Å². The van der Waals surface area contributed by atoms with Crippen molar-refractivity contribution in [2.75, 3.05) is 13.2 Å². The van der Waals surface area contributed by atoms with E-state index < -0.39 is 0 Å².